The van der Waals surface area contributed by atoms with E-state index in [2.05, 4.69) is 10.6 Å². The number of nitrogens with two attached hydrogens (primary N) is 1. The van der Waals surface area contributed by atoms with Gasteiger partial charge >= 0.3 is 17.9 Å². The van der Waals surface area contributed by atoms with Gasteiger partial charge in [-0.2, -0.15) is 0 Å². The fourth-order valence-electron chi connectivity index (χ4n) is 3.93. The Labute approximate surface area is 247 Å². The molecular weight excluding hydrogens is 574 g/mol. The SMILES string of the molecule is CC(CC(=O)O)C(N)C(=O)O.CC1CC(=O)NC1C(=O)O.CC1CC(=O)NC1C(=O)[O-].Cc1ccc(CO)c(CO)c1O. The van der Waals surface area contributed by atoms with Crippen LogP contribution in [0, 0.1) is 24.7 Å². The van der Waals surface area contributed by atoms with Crippen molar-refractivity contribution in [3.05, 3.63) is 28.8 Å². The molecule has 0 bridgehead atoms. The molecule has 16 heteroatoms. The second kappa shape index (κ2) is 18.3. The molecule has 0 aliphatic carbocycles. The van der Waals surface area contributed by atoms with Gasteiger partial charge in [0.15, 0.2) is 0 Å². The first-order chi connectivity index (χ1) is 19.9. The molecule has 2 heterocycles. The van der Waals surface area contributed by atoms with Crippen molar-refractivity contribution >= 4 is 35.7 Å². The number of benzene rings is 1. The van der Waals surface area contributed by atoms with E-state index in [1.807, 2.05) is 0 Å². The van der Waals surface area contributed by atoms with E-state index in [9.17, 15) is 39.0 Å². The number of aliphatic hydroxyl groups is 2. The monoisotopic (exact) mass is 614 g/mol. The molecule has 0 radical (unpaired) electrons. The zero-order valence-corrected chi connectivity index (χ0v) is 24.3. The van der Waals surface area contributed by atoms with Crippen molar-refractivity contribution < 1.29 is 64.5 Å². The van der Waals surface area contributed by atoms with Crippen LogP contribution in [0.4, 0.5) is 0 Å². The van der Waals surface area contributed by atoms with Gasteiger partial charge in [0, 0.05) is 24.8 Å². The summed E-state index contributed by atoms with van der Waals surface area (Å²) in [6, 6.07) is 0.854. The summed E-state index contributed by atoms with van der Waals surface area (Å²) < 4.78 is 0. The zero-order chi connectivity index (χ0) is 33.6. The lowest BCUT2D eigenvalue weighted by Gasteiger charge is -2.14. The Bertz CT molecular complexity index is 1120. The van der Waals surface area contributed by atoms with Crippen molar-refractivity contribution in [1.29, 1.82) is 0 Å². The minimum atomic E-state index is -1.20. The molecule has 0 spiro atoms. The van der Waals surface area contributed by atoms with Crippen LogP contribution in [0.3, 0.4) is 0 Å². The summed E-state index contributed by atoms with van der Waals surface area (Å²) in [4.78, 5) is 62.0. The Morgan fingerprint density at radius 3 is 1.72 bits per heavy atom. The Balaban J connectivity index is 0.000000548. The van der Waals surface area contributed by atoms with Crippen LogP contribution in [0.5, 0.6) is 5.75 Å². The number of aliphatic hydroxyl groups excluding tert-OH is 2. The number of carboxylic acids is 4. The van der Waals surface area contributed by atoms with Crippen molar-refractivity contribution in [3.63, 3.8) is 0 Å². The van der Waals surface area contributed by atoms with Crippen LogP contribution in [0.2, 0.25) is 0 Å². The molecule has 0 aromatic heterocycles. The van der Waals surface area contributed by atoms with E-state index in [4.69, 9.17) is 31.3 Å². The maximum absolute atomic E-state index is 10.6. The number of carbonyl (C=O) groups excluding carboxylic acids is 3. The normalized spacial score (nSPS) is 21.7. The molecule has 6 atom stereocenters. The highest BCUT2D eigenvalue weighted by atomic mass is 16.4. The number of hydrogen-bond acceptors (Lipinski definition) is 11. The van der Waals surface area contributed by atoms with Gasteiger partial charge in [0.2, 0.25) is 11.8 Å². The molecule has 16 nitrogen and oxygen atoms in total. The molecule has 1 aromatic carbocycles. The minimum Gasteiger partial charge on any atom is -0.548 e. The Kier molecular flexibility index (Phi) is 16.5. The Morgan fingerprint density at radius 2 is 1.44 bits per heavy atom. The van der Waals surface area contributed by atoms with Crippen molar-refractivity contribution in [2.75, 3.05) is 0 Å². The molecular formula is C27H40N3O13-. The molecule has 2 amide bonds. The van der Waals surface area contributed by atoms with Crippen LogP contribution < -0.4 is 21.5 Å². The summed E-state index contributed by atoms with van der Waals surface area (Å²) in [6.45, 7) is 6.28. The fourth-order valence-corrected chi connectivity index (χ4v) is 3.93. The van der Waals surface area contributed by atoms with Gasteiger partial charge in [0.1, 0.15) is 17.8 Å². The first kappa shape index (κ1) is 38.7. The lowest BCUT2D eigenvalue weighted by Crippen LogP contribution is -2.45. The topological polar surface area (TPSA) is 297 Å². The van der Waals surface area contributed by atoms with Gasteiger partial charge in [-0.15, -0.1) is 0 Å². The molecule has 2 aliphatic rings. The average Bonchev–Trinajstić information content (AvgIpc) is 3.44. The average molecular weight is 615 g/mol. The van der Waals surface area contributed by atoms with Gasteiger partial charge < -0.3 is 56.9 Å². The highest BCUT2D eigenvalue weighted by Gasteiger charge is 2.34. The second-order valence-electron chi connectivity index (χ2n) is 10.2. The van der Waals surface area contributed by atoms with Crippen LogP contribution in [0.15, 0.2) is 12.1 Å². The lowest BCUT2D eigenvalue weighted by molar-refractivity contribution is -0.309. The van der Waals surface area contributed by atoms with Crippen LogP contribution in [-0.4, -0.2) is 84.5 Å². The number of hydrogen-bond donors (Lipinski definition) is 9. The van der Waals surface area contributed by atoms with E-state index in [0.29, 0.717) is 29.5 Å². The van der Waals surface area contributed by atoms with E-state index in [0.717, 1.165) is 0 Å². The second-order valence-corrected chi connectivity index (χ2v) is 10.2. The summed E-state index contributed by atoms with van der Waals surface area (Å²) in [6.07, 6.45) is 0.406. The molecule has 242 valence electrons. The number of carbonyl (C=O) groups is 6. The number of nitrogens with one attached hydrogen (secondary N) is 2. The summed E-state index contributed by atoms with van der Waals surface area (Å²) in [5, 5.41) is 67.2. The molecule has 10 N–H and O–H groups in total. The van der Waals surface area contributed by atoms with E-state index in [-0.39, 0.29) is 49.0 Å². The summed E-state index contributed by atoms with van der Waals surface area (Å²) in [5.74, 6) is -5.40. The Morgan fingerprint density at radius 1 is 0.953 bits per heavy atom. The number of aliphatic carboxylic acids is 4. The third kappa shape index (κ3) is 13.1. The molecule has 3 rings (SSSR count). The van der Waals surface area contributed by atoms with Gasteiger partial charge in [-0.05, 0) is 35.8 Å². The van der Waals surface area contributed by atoms with E-state index in [1.165, 1.54) is 6.92 Å². The third-order valence-electron chi connectivity index (χ3n) is 6.61. The highest BCUT2D eigenvalue weighted by Crippen LogP contribution is 2.25. The lowest BCUT2D eigenvalue weighted by atomic mass is 10.00. The predicted octanol–water partition coefficient (Wildman–Crippen LogP) is -1.95. The number of rotatable bonds is 8. The van der Waals surface area contributed by atoms with Crippen LogP contribution >= 0.6 is 0 Å². The molecule has 1 aromatic rings. The molecule has 6 unspecified atom stereocenters. The smallest absolute Gasteiger partial charge is 0.326 e. The van der Waals surface area contributed by atoms with E-state index < -0.39 is 47.9 Å². The first-order valence-electron chi connectivity index (χ1n) is 13.1. The number of aromatic hydroxyl groups is 1. The van der Waals surface area contributed by atoms with Gasteiger partial charge in [-0.3, -0.25) is 19.2 Å². The van der Waals surface area contributed by atoms with Crippen molar-refractivity contribution in [3.8, 4) is 5.75 Å². The standard InChI is InChI=1S/C9H12O3.C6H11NO4.2C6H9NO3/c1-6-2-3-7(4-10)8(5-11)9(6)12;1-3(2-4(8)9)5(7)6(10)11;2*1-3-2-4(8)7-5(3)6(9)10/h2-3,10-12H,4-5H2,1H3;3,5H,2,7H2,1H3,(H,8,9)(H,10,11);2*3,5H,2H2,1H3,(H,7,8)(H,9,10)/p-1. The summed E-state index contributed by atoms with van der Waals surface area (Å²) >= 11 is 0. The van der Waals surface area contributed by atoms with Crippen LogP contribution in [0.25, 0.3) is 0 Å². The third-order valence-corrected chi connectivity index (χ3v) is 6.61. The number of amides is 2. The van der Waals surface area contributed by atoms with Gasteiger partial charge in [0.05, 0.1) is 25.2 Å². The largest absolute Gasteiger partial charge is 0.548 e. The maximum atomic E-state index is 10.6. The minimum absolute atomic E-state index is 0.0732. The maximum Gasteiger partial charge on any atom is 0.326 e. The van der Waals surface area contributed by atoms with Gasteiger partial charge in [-0.25, -0.2) is 4.79 Å². The van der Waals surface area contributed by atoms with Crippen LogP contribution in [-0.2, 0) is 42.0 Å². The van der Waals surface area contributed by atoms with Crippen molar-refractivity contribution in [1.82, 2.24) is 10.6 Å². The molecule has 0 saturated carbocycles. The van der Waals surface area contributed by atoms with E-state index >= 15 is 0 Å². The van der Waals surface area contributed by atoms with Crippen molar-refractivity contribution in [2.24, 2.45) is 23.5 Å². The van der Waals surface area contributed by atoms with Crippen LogP contribution in [0.1, 0.15) is 56.7 Å². The van der Waals surface area contributed by atoms with Gasteiger partial charge in [0.25, 0.3) is 0 Å². The zero-order valence-electron chi connectivity index (χ0n) is 24.3. The molecule has 2 aliphatic heterocycles. The molecule has 2 fully saturated rings. The highest BCUT2D eigenvalue weighted by molar-refractivity contribution is 5.88. The summed E-state index contributed by atoms with van der Waals surface area (Å²) in [7, 11) is 0. The number of aryl methyl sites for hydroxylation is 1. The summed E-state index contributed by atoms with van der Waals surface area (Å²) in [5.41, 5.74) is 6.83. The van der Waals surface area contributed by atoms with Crippen molar-refractivity contribution in [2.45, 2.75) is 78.3 Å². The number of carboxylic acid groups (broad SMARTS) is 4. The molecule has 2 saturated heterocycles. The quantitative estimate of drug-likeness (QED) is 0.154. The van der Waals surface area contributed by atoms with Gasteiger partial charge in [-0.1, -0.05) is 32.9 Å². The fraction of sp³-hybridized carbons (Fsp3) is 0.556. The van der Waals surface area contributed by atoms with E-state index in [1.54, 1.807) is 32.9 Å². The first-order valence-corrected chi connectivity index (χ1v) is 13.1. The number of phenols is 1. The Hall–Kier alpha value is -4.28. The predicted molar refractivity (Wildman–Crippen MR) is 146 cm³/mol. The molecule has 43 heavy (non-hydrogen) atoms.